The number of aryl methyl sites for hydroxylation is 1. The molecular weight excluding hydrogens is 428 g/mol. The van der Waals surface area contributed by atoms with Crippen LogP contribution in [0.25, 0.3) is 5.69 Å². The fraction of sp³-hybridized carbons (Fsp3) is 0.200. The summed E-state index contributed by atoms with van der Waals surface area (Å²) in [5.74, 6) is 0. The van der Waals surface area contributed by atoms with Gasteiger partial charge in [-0.25, -0.2) is 16.8 Å². The zero-order valence-corrected chi connectivity index (χ0v) is 18.0. The summed E-state index contributed by atoms with van der Waals surface area (Å²) in [4.78, 5) is -0.148. The lowest BCUT2D eigenvalue weighted by molar-refractivity contribution is -0.0426. The summed E-state index contributed by atoms with van der Waals surface area (Å²) in [6, 6.07) is 11.8. The Kier molecular flexibility index (Phi) is 6.04. The van der Waals surface area contributed by atoms with E-state index in [0.29, 0.717) is 17.7 Å². The summed E-state index contributed by atoms with van der Waals surface area (Å²) in [5.41, 5.74) is 1.02. The normalized spacial score (nSPS) is 12.3. The molecule has 3 rings (SSSR count). The molecular formula is C20H22N2O6S2. The van der Waals surface area contributed by atoms with Crippen LogP contribution >= 0.6 is 0 Å². The monoisotopic (exact) mass is 450 g/mol. The average molecular weight is 451 g/mol. The number of sulfonamides is 1. The van der Waals surface area contributed by atoms with E-state index in [1.807, 2.05) is 0 Å². The van der Waals surface area contributed by atoms with Gasteiger partial charge in [0.2, 0.25) is 0 Å². The SMILES string of the molecule is CCc1ccc(C(O)O)cc1S(=O)(=O)Nc1cc(S(C)(=O)=O)ccc1-n1cccc1. The second-order valence-electron chi connectivity index (χ2n) is 6.74. The first-order valence-corrected chi connectivity index (χ1v) is 12.4. The lowest BCUT2D eigenvalue weighted by Gasteiger charge is -2.17. The standard InChI is InChI=1S/C20H22N2O6S2/c1-3-14-6-7-15(20(23)24)12-19(14)30(27,28)21-17-13-16(29(2,25)26)8-9-18(17)22-10-4-5-11-22/h4-13,20-21,23-24H,3H2,1-2H3. The molecule has 0 unspecified atom stereocenters. The van der Waals surface area contributed by atoms with Gasteiger partial charge in [0.25, 0.3) is 10.0 Å². The van der Waals surface area contributed by atoms with Crippen molar-refractivity contribution in [1.29, 1.82) is 0 Å². The molecule has 0 amide bonds. The molecule has 10 heteroatoms. The number of aliphatic hydroxyl groups is 2. The lowest BCUT2D eigenvalue weighted by atomic mass is 10.1. The van der Waals surface area contributed by atoms with Gasteiger partial charge in [-0.3, -0.25) is 4.72 Å². The zero-order chi connectivity index (χ0) is 22.1. The molecule has 0 spiro atoms. The number of hydrogen-bond acceptors (Lipinski definition) is 6. The van der Waals surface area contributed by atoms with E-state index in [1.165, 1.54) is 36.4 Å². The maximum Gasteiger partial charge on any atom is 0.262 e. The van der Waals surface area contributed by atoms with Crippen LogP contribution in [0.4, 0.5) is 5.69 Å². The Morgan fingerprint density at radius 3 is 2.23 bits per heavy atom. The van der Waals surface area contributed by atoms with Crippen LogP contribution in [-0.4, -0.2) is 37.9 Å². The second-order valence-corrected chi connectivity index (χ2v) is 10.4. The quantitative estimate of drug-likeness (QED) is 0.474. The molecule has 0 aliphatic heterocycles. The van der Waals surface area contributed by atoms with Gasteiger partial charge < -0.3 is 14.8 Å². The second kappa shape index (κ2) is 8.23. The Morgan fingerprint density at radius 2 is 1.67 bits per heavy atom. The number of aromatic nitrogens is 1. The van der Waals surface area contributed by atoms with Crippen LogP contribution in [0, 0.1) is 0 Å². The van der Waals surface area contributed by atoms with Crippen LogP contribution in [0.1, 0.15) is 24.3 Å². The van der Waals surface area contributed by atoms with Gasteiger partial charge in [0.15, 0.2) is 16.1 Å². The van der Waals surface area contributed by atoms with Crippen LogP contribution in [-0.2, 0) is 26.3 Å². The lowest BCUT2D eigenvalue weighted by Crippen LogP contribution is -2.17. The van der Waals surface area contributed by atoms with Crippen LogP contribution in [0.5, 0.6) is 0 Å². The number of sulfone groups is 1. The number of aliphatic hydroxyl groups excluding tert-OH is 1. The van der Waals surface area contributed by atoms with Crippen molar-refractivity contribution in [3.8, 4) is 5.69 Å². The van der Waals surface area contributed by atoms with Crippen molar-refractivity contribution in [3.63, 3.8) is 0 Å². The Labute approximate surface area is 175 Å². The smallest absolute Gasteiger partial charge is 0.262 e. The van der Waals surface area contributed by atoms with Gasteiger partial charge >= 0.3 is 0 Å². The van der Waals surface area contributed by atoms with Crippen molar-refractivity contribution in [2.75, 3.05) is 11.0 Å². The molecule has 3 N–H and O–H groups in total. The molecule has 160 valence electrons. The number of nitrogens with one attached hydrogen (secondary N) is 1. The fourth-order valence-electron chi connectivity index (χ4n) is 3.02. The highest BCUT2D eigenvalue weighted by atomic mass is 32.2. The maximum atomic E-state index is 13.2. The molecule has 1 heterocycles. The summed E-state index contributed by atoms with van der Waals surface area (Å²) in [5, 5.41) is 18.9. The number of nitrogens with zero attached hydrogens (tertiary/aromatic N) is 1. The minimum absolute atomic E-state index is 0.0306. The zero-order valence-electron chi connectivity index (χ0n) is 16.3. The van der Waals surface area contributed by atoms with Gasteiger partial charge in [-0.05, 0) is 48.4 Å². The summed E-state index contributed by atoms with van der Waals surface area (Å²) in [7, 11) is -7.74. The van der Waals surface area contributed by atoms with E-state index < -0.39 is 26.2 Å². The number of rotatable bonds is 7. The molecule has 0 saturated heterocycles. The maximum absolute atomic E-state index is 13.2. The van der Waals surface area contributed by atoms with E-state index in [4.69, 9.17) is 0 Å². The molecule has 0 aliphatic rings. The first kappa shape index (κ1) is 22.0. The van der Waals surface area contributed by atoms with Crippen LogP contribution in [0.15, 0.2) is 70.7 Å². The molecule has 0 radical (unpaired) electrons. The summed E-state index contributed by atoms with van der Waals surface area (Å²) in [6.45, 7) is 1.78. The van der Waals surface area contributed by atoms with Crippen LogP contribution < -0.4 is 4.72 Å². The minimum Gasteiger partial charge on any atom is -0.364 e. The third-order valence-corrected chi connectivity index (χ3v) is 7.14. The third kappa shape index (κ3) is 4.57. The molecule has 3 aromatic rings. The Balaban J connectivity index is 2.16. The number of benzene rings is 2. The summed E-state index contributed by atoms with van der Waals surface area (Å²) >= 11 is 0. The van der Waals surface area contributed by atoms with E-state index in [1.54, 1.807) is 36.0 Å². The molecule has 0 aliphatic carbocycles. The predicted octanol–water partition coefficient (Wildman–Crippen LogP) is 2.23. The average Bonchev–Trinajstić information content (AvgIpc) is 3.20. The van der Waals surface area contributed by atoms with Gasteiger partial charge in [0, 0.05) is 24.2 Å². The van der Waals surface area contributed by atoms with Crippen LogP contribution in [0.3, 0.4) is 0 Å². The first-order valence-electron chi connectivity index (χ1n) is 9.02. The van der Waals surface area contributed by atoms with Crippen molar-refractivity contribution in [1.82, 2.24) is 4.57 Å². The van der Waals surface area contributed by atoms with Gasteiger partial charge in [0.05, 0.1) is 21.2 Å². The van der Waals surface area contributed by atoms with Crippen molar-refractivity contribution in [2.45, 2.75) is 29.4 Å². The number of hydrogen-bond donors (Lipinski definition) is 3. The van der Waals surface area contributed by atoms with Crippen molar-refractivity contribution < 1.29 is 27.0 Å². The topological polar surface area (TPSA) is 126 Å². The van der Waals surface area contributed by atoms with E-state index in [-0.39, 0.29) is 21.0 Å². The van der Waals surface area contributed by atoms with Gasteiger partial charge in [-0.2, -0.15) is 0 Å². The third-order valence-electron chi connectivity index (χ3n) is 4.58. The van der Waals surface area contributed by atoms with Crippen LogP contribution in [0.2, 0.25) is 0 Å². The highest BCUT2D eigenvalue weighted by molar-refractivity contribution is 7.92. The molecule has 0 fully saturated rings. The van der Waals surface area contributed by atoms with Crippen molar-refractivity contribution in [2.24, 2.45) is 0 Å². The molecule has 1 aromatic heterocycles. The van der Waals surface area contributed by atoms with Gasteiger partial charge in [-0.1, -0.05) is 19.1 Å². The molecule has 30 heavy (non-hydrogen) atoms. The van der Waals surface area contributed by atoms with Crippen molar-refractivity contribution in [3.05, 3.63) is 72.1 Å². The molecule has 0 atom stereocenters. The van der Waals surface area contributed by atoms with Gasteiger partial charge in [0.1, 0.15) is 0 Å². The Hall–Kier alpha value is -2.66. The van der Waals surface area contributed by atoms with E-state index >= 15 is 0 Å². The van der Waals surface area contributed by atoms with E-state index in [2.05, 4.69) is 4.72 Å². The predicted molar refractivity (Wildman–Crippen MR) is 113 cm³/mol. The highest BCUT2D eigenvalue weighted by Crippen LogP contribution is 2.29. The van der Waals surface area contributed by atoms with Gasteiger partial charge in [-0.15, -0.1) is 0 Å². The Bertz CT molecular complexity index is 1260. The molecule has 0 saturated carbocycles. The number of anilines is 1. The largest absolute Gasteiger partial charge is 0.364 e. The highest BCUT2D eigenvalue weighted by Gasteiger charge is 2.22. The molecule has 8 nitrogen and oxygen atoms in total. The minimum atomic E-state index is -4.17. The molecule has 2 aromatic carbocycles. The molecule has 0 bridgehead atoms. The van der Waals surface area contributed by atoms with E-state index in [9.17, 15) is 27.0 Å². The van der Waals surface area contributed by atoms with E-state index in [0.717, 1.165) is 6.26 Å². The summed E-state index contributed by atoms with van der Waals surface area (Å²) < 4.78 is 54.5. The van der Waals surface area contributed by atoms with Crippen molar-refractivity contribution >= 4 is 25.5 Å². The Morgan fingerprint density at radius 1 is 1.00 bits per heavy atom. The fourth-order valence-corrected chi connectivity index (χ4v) is 5.08. The first-order chi connectivity index (χ1) is 14.0. The summed E-state index contributed by atoms with van der Waals surface area (Å²) in [6.07, 6.45) is 3.01.